The van der Waals surface area contributed by atoms with Crippen LogP contribution in [0.3, 0.4) is 0 Å². The number of nitrogens with two attached hydrogens (primary N) is 1. The first kappa shape index (κ1) is 9.67. The maximum absolute atomic E-state index is 11.0. The maximum Gasteiger partial charge on any atom is 0.328 e. The molecule has 2 heterocycles. The summed E-state index contributed by atoms with van der Waals surface area (Å²) < 4.78 is 0. The predicted octanol–water partition coefficient (Wildman–Crippen LogP) is 0.821. The molecule has 0 aliphatic heterocycles. The molecule has 5 nitrogen and oxygen atoms in total. The van der Waals surface area contributed by atoms with Crippen LogP contribution in [0.4, 0.5) is 0 Å². The zero-order valence-electron chi connectivity index (χ0n) is 8.19. The largest absolute Gasteiger partial charge is 0.480 e. The highest BCUT2D eigenvalue weighted by molar-refractivity contribution is 5.89. The summed E-state index contributed by atoms with van der Waals surface area (Å²) in [5.41, 5.74) is 5.53. The van der Waals surface area contributed by atoms with Crippen molar-refractivity contribution in [2.45, 2.75) is 12.5 Å². The number of pyridine rings is 1. The molecule has 0 aromatic carbocycles. The Labute approximate surface area is 85.9 Å². The smallest absolute Gasteiger partial charge is 0.328 e. The molecule has 0 fully saturated rings. The molecule has 0 aliphatic carbocycles. The number of aliphatic carboxylic acids is 1. The third kappa shape index (κ3) is 1.37. The van der Waals surface area contributed by atoms with Crippen LogP contribution in [0.25, 0.3) is 11.0 Å². The first-order chi connectivity index (χ1) is 7.03. The number of nitrogens with zero attached hydrogens (tertiary/aromatic N) is 1. The molecule has 0 radical (unpaired) electrons. The van der Waals surface area contributed by atoms with Crippen LogP contribution in [0, 0.1) is 0 Å². The number of aromatic nitrogens is 2. The lowest BCUT2D eigenvalue weighted by Gasteiger charge is -2.18. The zero-order chi connectivity index (χ0) is 11.1. The summed E-state index contributed by atoms with van der Waals surface area (Å²) >= 11 is 0. The highest BCUT2D eigenvalue weighted by Crippen LogP contribution is 2.25. The minimum absolute atomic E-state index is 0.540. The molecule has 0 amide bonds. The van der Waals surface area contributed by atoms with Crippen molar-refractivity contribution in [2.24, 2.45) is 5.73 Å². The molecule has 4 N–H and O–H groups in total. The number of rotatable bonds is 2. The number of carboxylic acids is 1. The summed E-state index contributed by atoms with van der Waals surface area (Å²) in [4.78, 5) is 18.0. The molecule has 0 saturated heterocycles. The van der Waals surface area contributed by atoms with Crippen molar-refractivity contribution in [3.63, 3.8) is 0 Å². The summed E-state index contributed by atoms with van der Waals surface area (Å²) in [6, 6.07) is 3.54. The van der Waals surface area contributed by atoms with Gasteiger partial charge in [0.05, 0.1) is 0 Å². The van der Waals surface area contributed by atoms with E-state index in [-0.39, 0.29) is 0 Å². The normalized spacial score (nSPS) is 15.1. The van der Waals surface area contributed by atoms with E-state index in [2.05, 4.69) is 9.97 Å². The number of H-pyrrole nitrogens is 1. The highest BCUT2D eigenvalue weighted by atomic mass is 16.4. The summed E-state index contributed by atoms with van der Waals surface area (Å²) in [7, 11) is 0. The molecule has 1 unspecified atom stereocenters. The molecule has 5 heteroatoms. The van der Waals surface area contributed by atoms with Gasteiger partial charge in [0, 0.05) is 23.3 Å². The van der Waals surface area contributed by atoms with Gasteiger partial charge in [-0.1, -0.05) is 0 Å². The molecule has 0 bridgehead atoms. The van der Waals surface area contributed by atoms with Gasteiger partial charge in [-0.3, -0.25) is 0 Å². The molecule has 15 heavy (non-hydrogen) atoms. The van der Waals surface area contributed by atoms with Gasteiger partial charge in [-0.15, -0.1) is 0 Å². The number of aromatic amines is 1. The summed E-state index contributed by atoms with van der Waals surface area (Å²) in [6.07, 6.45) is 3.23. The number of carbonyl (C=O) groups is 1. The average Bonchev–Trinajstić information content (AvgIpc) is 2.61. The molecule has 0 saturated carbocycles. The lowest BCUT2D eigenvalue weighted by atomic mass is 9.94. The standard InChI is InChI=1S/C10H11N3O2/c1-10(11,9(14)15)7-5-13-8-6(7)3-2-4-12-8/h2-5H,11H2,1H3,(H,12,13)(H,14,15). The number of nitrogens with one attached hydrogen (secondary N) is 1. The van der Waals surface area contributed by atoms with Crippen molar-refractivity contribution in [1.29, 1.82) is 0 Å². The van der Waals surface area contributed by atoms with Gasteiger partial charge >= 0.3 is 5.97 Å². The third-order valence-electron chi connectivity index (χ3n) is 2.45. The van der Waals surface area contributed by atoms with E-state index in [1.54, 1.807) is 24.5 Å². The van der Waals surface area contributed by atoms with Gasteiger partial charge in [0.25, 0.3) is 0 Å². The van der Waals surface area contributed by atoms with Gasteiger partial charge < -0.3 is 15.8 Å². The highest BCUT2D eigenvalue weighted by Gasteiger charge is 2.32. The van der Waals surface area contributed by atoms with Crippen LogP contribution < -0.4 is 5.73 Å². The fourth-order valence-electron chi connectivity index (χ4n) is 1.50. The Bertz CT molecular complexity index is 516. The van der Waals surface area contributed by atoms with Crippen LogP contribution in [0.5, 0.6) is 0 Å². The van der Waals surface area contributed by atoms with E-state index >= 15 is 0 Å². The Morgan fingerprint density at radius 2 is 2.40 bits per heavy atom. The monoisotopic (exact) mass is 205 g/mol. The first-order valence-corrected chi connectivity index (χ1v) is 4.48. The second kappa shape index (κ2) is 3.06. The molecule has 1 atom stereocenters. The van der Waals surface area contributed by atoms with E-state index in [0.717, 1.165) is 5.39 Å². The minimum atomic E-state index is -1.40. The molecule has 2 aromatic heterocycles. The number of carboxylic acid groups (broad SMARTS) is 1. The third-order valence-corrected chi connectivity index (χ3v) is 2.45. The van der Waals surface area contributed by atoms with E-state index in [4.69, 9.17) is 10.8 Å². The molecule has 0 aliphatic rings. The van der Waals surface area contributed by atoms with E-state index in [1.807, 2.05) is 0 Å². The van der Waals surface area contributed by atoms with Gasteiger partial charge in [0.2, 0.25) is 0 Å². The Kier molecular flexibility index (Phi) is 1.97. The lowest BCUT2D eigenvalue weighted by molar-refractivity contribution is -0.142. The van der Waals surface area contributed by atoms with Gasteiger partial charge in [0.1, 0.15) is 11.2 Å². The summed E-state index contributed by atoms with van der Waals surface area (Å²) in [5.74, 6) is -1.06. The molecule has 78 valence electrons. The second-order valence-electron chi connectivity index (χ2n) is 3.61. The Balaban J connectivity index is 2.67. The number of fused-ring (bicyclic) bond motifs is 1. The molecule has 2 rings (SSSR count). The summed E-state index contributed by atoms with van der Waals surface area (Å²) in [6.45, 7) is 1.46. The van der Waals surface area contributed by atoms with Gasteiger partial charge in [-0.2, -0.15) is 0 Å². The molecular formula is C10H11N3O2. The van der Waals surface area contributed by atoms with Crippen LogP contribution in [0.1, 0.15) is 12.5 Å². The fraction of sp³-hybridized carbons (Fsp3) is 0.200. The minimum Gasteiger partial charge on any atom is -0.480 e. The molecule has 2 aromatic rings. The number of hydrogen-bond donors (Lipinski definition) is 3. The fourth-order valence-corrected chi connectivity index (χ4v) is 1.50. The maximum atomic E-state index is 11.0. The molecular weight excluding hydrogens is 194 g/mol. The van der Waals surface area contributed by atoms with Crippen LogP contribution >= 0.6 is 0 Å². The van der Waals surface area contributed by atoms with Crippen molar-refractivity contribution >= 4 is 17.0 Å². The van der Waals surface area contributed by atoms with Crippen molar-refractivity contribution in [3.05, 3.63) is 30.1 Å². The van der Waals surface area contributed by atoms with E-state index in [9.17, 15) is 4.79 Å². The van der Waals surface area contributed by atoms with E-state index in [1.165, 1.54) is 6.92 Å². The molecule has 0 spiro atoms. The van der Waals surface area contributed by atoms with Crippen LogP contribution in [-0.4, -0.2) is 21.0 Å². The Hall–Kier alpha value is -1.88. The van der Waals surface area contributed by atoms with Crippen molar-refractivity contribution < 1.29 is 9.90 Å². The van der Waals surface area contributed by atoms with Gasteiger partial charge in [-0.05, 0) is 19.1 Å². The lowest BCUT2D eigenvalue weighted by Crippen LogP contribution is -2.41. The quantitative estimate of drug-likeness (QED) is 0.676. The predicted molar refractivity (Wildman–Crippen MR) is 55.3 cm³/mol. The summed E-state index contributed by atoms with van der Waals surface area (Å²) in [5, 5.41) is 9.75. The van der Waals surface area contributed by atoms with Crippen LogP contribution in [0.15, 0.2) is 24.5 Å². The van der Waals surface area contributed by atoms with E-state index in [0.29, 0.717) is 11.2 Å². The second-order valence-corrected chi connectivity index (χ2v) is 3.61. The van der Waals surface area contributed by atoms with Crippen molar-refractivity contribution in [3.8, 4) is 0 Å². The Morgan fingerprint density at radius 3 is 3.07 bits per heavy atom. The van der Waals surface area contributed by atoms with Gasteiger partial charge in [-0.25, -0.2) is 9.78 Å². The topological polar surface area (TPSA) is 92.0 Å². The number of hydrogen-bond acceptors (Lipinski definition) is 3. The zero-order valence-corrected chi connectivity index (χ0v) is 8.19. The SMILES string of the molecule is CC(N)(C(=O)O)c1c[nH]c2ncccc12. The van der Waals surface area contributed by atoms with Crippen LogP contribution in [0.2, 0.25) is 0 Å². The van der Waals surface area contributed by atoms with Crippen molar-refractivity contribution in [2.75, 3.05) is 0 Å². The Morgan fingerprint density at radius 1 is 1.67 bits per heavy atom. The van der Waals surface area contributed by atoms with E-state index < -0.39 is 11.5 Å². The average molecular weight is 205 g/mol. The van der Waals surface area contributed by atoms with Crippen molar-refractivity contribution in [1.82, 2.24) is 9.97 Å². The first-order valence-electron chi connectivity index (χ1n) is 4.48. The van der Waals surface area contributed by atoms with Gasteiger partial charge in [0.15, 0.2) is 0 Å². The van der Waals surface area contributed by atoms with Crippen LogP contribution in [-0.2, 0) is 10.3 Å².